The fourth-order valence-corrected chi connectivity index (χ4v) is 20.4. The van der Waals surface area contributed by atoms with Crippen molar-refractivity contribution in [2.24, 2.45) is 0 Å². The van der Waals surface area contributed by atoms with Crippen molar-refractivity contribution in [3.63, 3.8) is 0 Å². The first-order chi connectivity index (χ1) is 25.2. The van der Waals surface area contributed by atoms with Crippen LogP contribution in [0.3, 0.4) is 0 Å². The van der Waals surface area contributed by atoms with Gasteiger partial charge in [0.2, 0.25) is 0 Å². The molecular formula is C49H57P2+. The van der Waals surface area contributed by atoms with Crippen LogP contribution in [-0.4, -0.2) is 18.5 Å². The molecule has 0 aromatic heterocycles. The molecule has 0 N–H and O–H groups in total. The predicted octanol–water partition coefficient (Wildman–Crippen LogP) is 11.0. The van der Waals surface area contributed by atoms with Crippen LogP contribution >= 0.6 is 13.9 Å². The van der Waals surface area contributed by atoms with Gasteiger partial charge in [-0.3, -0.25) is 0 Å². The van der Waals surface area contributed by atoms with E-state index in [1.165, 1.54) is 92.2 Å². The average molecular weight is 708 g/mol. The molecule has 0 fully saturated rings. The summed E-state index contributed by atoms with van der Waals surface area (Å²) in [4.78, 5) is 0. The van der Waals surface area contributed by atoms with Crippen molar-refractivity contribution in [1.29, 1.82) is 0 Å². The Hall–Kier alpha value is -3.82. The van der Waals surface area contributed by atoms with Crippen molar-refractivity contribution in [2.45, 2.75) is 64.7 Å². The first-order valence-electron chi connectivity index (χ1n) is 19.5. The fourth-order valence-electron chi connectivity index (χ4n) is 8.81. The molecule has 0 bridgehead atoms. The van der Waals surface area contributed by atoms with Crippen molar-refractivity contribution in [3.8, 4) is 0 Å². The number of hydrogen-bond donors (Lipinski definition) is 0. The molecule has 6 rings (SSSR count). The number of benzene rings is 6. The van der Waals surface area contributed by atoms with Gasteiger partial charge >= 0.3 is 311 Å². The van der Waals surface area contributed by atoms with Crippen LogP contribution in [0.1, 0.15) is 64.7 Å². The molecule has 0 saturated carbocycles. The first-order valence-corrected chi connectivity index (χ1v) is 24.0. The first kappa shape index (κ1) is 37.0. The van der Waals surface area contributed by atoms with Crippen LogP contribution in [0.2, 0.25) is 0 Å². The van der Waals surface area contributed by atoms with E-state index in [-0.39, 0.29) is 0 Å². The van der Waals surface area contributed by atoms with E-state index in [1.54, 1.807) is 15.9 Å². The van der Waals surface area contributed by atoms with Gasteiger partial charge in [0, 0.05) is 0 Å². The standard InChI is InChI=1S/C49H57P2/c1-2-3-4-6-27-42-51(47-35-20-11-21-36-47,48-37-22-12-23-38-48,49-39-24-13-25-40-49)43-28-7-5-26-41-50(44-29-14-8-15-30-44,45-31-16-9-17-32-45)46-33-18-10-19-34-46/h8-25,29-40H,2-7,26-28,41-43H2,1H3/q+1. The van der Waals surface area contributed by atoms with Gasteiger partial charge in [-0.1, -0.05) is 0 Å². The van der Waals surface area contributed by atoms with Gasteiger partial charge in [0.25, 0.3) is 0 Å². The Labute approximate surface area is 309 Å². The quantitative estimate of drug-likeness (QED) is 0.0581. The Morgan fingerprint density at radius 2 is 0.627 bits per heavy atom. The van der Waals surface area contributed by atoms with Gasteiger partial charge in [0.15, 0.2) is 0 Å². The van der Waals surface area contributed by atoms with Crippen molar-refractivity contribution in [2.75, 3.05) is 18.5 Å². The second kappa shape index (κ2) is 18.1. The summed E-state index contributed by atoms with van der Waals surface area (Å²) in [6.45, 7) is -0.488. The molecular weight excluding hydrogens is 650 g/mol. The summed E-state index contributed by atoms with van der Waals surface area (Å²) >= 11 is 0. The topological polar surface area (TPSA) is 0 Å². The third kappa shape index (κ3) is 7.85. The Balaban J connectivity index is 1.32. The van der Waals surface area contributed by atoms with E-state index in [0.29, 0.717) is 0 Å². The molecule has 0 atom stereocenters. The van der Waals surface area contributed by atoms with Crippen molar-refractivity contribution >= 4 is 45.7 Å². The van der Waals surface area contributed by atoms with Gasteiger partial charge in [-0.25, -0.2) is 0 Å². The Morgan fingerprint density at radius 1 is 0.333 bits per heavy atom. The maximum absolute atomic E-state index is 2.81. The summed E-state index contributed by atoms with van der Waals surface area (Å²) in [5.41, 5.74) is 0. The molecule has 0 spiro atoms. The second-order valence-electron chi connectivity index (χ2n) is 14.3. The molecule has 6 aromatic rings. The van der Waals surface area contributed by atoms with Crippen LogP contribution in [-0.2, 0) is 0 Å². The third-order valence-electron chi connectivity index (χ3n) is 11.4. The molecule has 0 aliphatic carbocycles. The van der Waals surface area contributed by atoms with Gasteiger partial charge < -0.3 is 0 Å². The Kier molecular flexibility index (Phi) is 13.1. The monoisotopic (exact) mass is 707 g/mol. The van der Waals surface area contributed by atoms with E-state index in [4.69, 9.17) is 0 Å². The molecule has 0 radical (unpaired) electrons. The summed E-state index contributed by atoms with van der Waals surface area (Å²) in [5, 5.41) is 9.18. The van der Waals surface area contributed by atoms with Crippen molar-refractivity contribution < 1.29 is 0 Å². The van der Waals surface area contributed by atoms with E-state index in [0.717, 1.165) is 0 Å². The Morgan fingerprint density at radius 3 is 0.961 bits per heavy atom. The summed E-state index contributed by atoms with van der Waals surface area (Å²) in [6.07, 6.45) is 15.1. The van der Waals surface area contributed by atoms with Crippen LogP contribution in [0.5, 0.6) is 0 Å². The van der Waals surface area contributed by atoms with Gasteiger partial charge in [-0.15, -0.1) is 0 Å². The number of hydrogen-bond acceptors (Lipinski definition) is 0. The molecule has 0 heterocycles. The molecule has 2 heteroatoms. The summed E-state index contributed by atoms with van der Waals surface area (Å²) in [7, 11) is -1.81. The zero-order valence-electron chi connectivity index (χ0n) is 30.7. The van der Waals surface area contributed by atoms with Gasteiger partial charge in [-0.2, -0.15) is 0 Å². The predicted molar refractivity (Wildman–Crippen MR) is 232 cm³/mol. The van der Waals surface area contributed by atoms with Crippen LogP contribution in [0.15, 0.2) is 182 Å². The van der Waals surface area contributed by atoms with Crippen LogP contribution in [0, 0.1) is 0 Å². The maximum atomic E-state index is 2.47. The minimum atomic E-state index is -2.81. The fraction of sp³-hybridized carbons (Fsp3) is 0.265. The van der Waals surface area contributed by atoms with E-state index < -0.39 is 13.9 Å². The normalized spacial score (nSPS) is 12.6. The molecule has 0 aliphatic heterocycles. The summed E-state index contributed by atoms with van der Waals surface area (Å²) in [5.74, 6) is 0. The average Bonchev–Trinajstić information content (AvgIpc) is 3.22. The molecule has 0 saturated heterocycles. The van der Waals surface area contributed by atoms with E-state index in [2.05, 4.69) is 189 Å². The molecule has 0 unspecified atom stereocenters. The van der Waals surface area contributed by atoms with Gasteiger partial charge in [0.1, 0.15) is 0 Å². The van der Waals surface area contributed by atoms with Gasteiger partial charge in [0.05, 0.1) is 0 Å². The van der Waals surface area contributed by atoms with Crippen molar-refractivity contribution in [3.05, 3.63) is 182 Å². The Bertz CT molecular complexity index is 1640. The van der Waals surface area contributed by atoms with E-state index in [9.17, 15) is 0 Å². The molecule has 0 nitrogen and oxygen atoms in total. The number of unbranched alkanes of at least 4 members (excludes halogenated alkanes) is 7. The molecule has 51 heavy (non-hydrogen) atoms. The molecule has 0 amide bonds. The van der Waals surface area contributed by atoms with Crippen molar-refractivity contribution in [1.82, 2.24) is 0 Å². The summed E-state index contributed by atoms with van der Waals surface area (Å²) in [6, 6.07) is 69.4. The number of rotatable bonds is 19. The zero-order chi connectivity index (χ0) is 35.1. The second-order valence-corrected chi connectivity index (χ2v) is 23.4. The zero-order valence-corrected chi connectivity index (χ0v) is 32.5. The molecule has 6 aromatic carbocycles. The van der Waals surface area contributed by atoms with E-state index >= 15 is 0 Å². The molecule has 0 aliphatic rings. The SMILES string of the molecule is CCCCCCCP(CCCCCC[P+](c1ccccc1)(c1ccccc1)c1ccccc1)(c1ccccc1)(c1ccccc1)c1ccccc1. The van der Waals surface area contributed by atoms with Crippen LogP contribution in [0.25, 0.3) is 0 Å². The van der Waals surface area contributed by atoms with Crippen LogP contribution in [0.4, 0.5) is 0 Å². The van der Waals surface area contributed by atoms with E-state index in [1.807, 2.05) is 0 Å². The molecule has 262 valence electrons. The third-order valence-corrected chi connectivity index (χ3v) is 23.1. The summed E-state index contributed by atoms with van der Waals surface area (Å²) < 4.78 is 0. The van der Waals surface area contributed by atoms with Gasteiger partial charge in [-0.05, 0) is 0 Å². The minimum absolute atomic E-state index is 1.20. The van der Waals surface area contributed by atoms with Crippen LogP contribution < -0.4 is 31.8 Å².